The van der Waals surface area contributed by atoms with Crippen LogP contribution in [0.15, 0.2) is 218 Å². The lowest BCUT2D eigenvalue weighted by molar-refractivity contribution is 1.18. The second-order valence-electron chi connectivity index (χ2n) is 13.8. The van der Waals surface area contributed by atoms with Gasteiger partial charge in [0.05, 0.1) is 16.7 Å². The molecule has 0 amide bonds. The van der Waals surface area contributed by atoms with Crippen LogP contribution < -0.4 is 4.90 Å². The molecule has 0 radical (unpaired) electrons. The summed E-state index contributed by atoms with van der Waals surface area (Å²) in [6, 6.07) is 78.9. The number of para-hydroxylation sites is 3. The van der Waals surface area contributed by atoms with E-state index in [1.807, 2.05) is 0 Å². The normalized spacial score (nSPS) is 11.3. The molecule has 10 aromatic rings. The highest BCUT2D eigenvalue weighted by Crippen LogP contribution is 2.43. The number of hydrogen-bond donors (Lipinski definition) is 0. The van der Waals surface area contributed by atoms with E-state index in [0.29, 0.717) is 0 Å². The molecule has 254 valence electrons. The van der Waals surface area contributed by atoms with Gasteiger partial charge >= 0.3 is 0 Å². The van der Waals surface area contributed by atoms with E-state index in [9.17, 15) is 0 Å². The van der Waals surface area contributed by atoms with Crippen LogP contribution in [0.2, 0.25) is 0 Å². The van der Waals surface area contributed by atoms with Gasteiger partial charge in [0.15, 0.2) is 0 Å². The quantitative estimate of drug-likeness (QED) is 0.162. The van der Waals surface area contributed by atoms with E-state index >= 15 is 0 Å². The average molecular weight is 689 g/mol. The van der Waals surface area contributed by atoms with Crippen molar-refractivity contribution in [1.29, 1.82) is 0 Å². The van der Waals surface area contributed by atoms with Crippen LogP contribution in [-0.4, -0.2) is 4.57 Å². The molecule has 10 rings (SSSR count). The Morgan fingerprint density at radius 3 is 1.54 bits per heavy atom. The van der Waals surface area contributed by atoms with Gasteiger partial charge in [-0.2, -0.15) is 0 Å². The van der Waals surface area contributed by atoms with Crippen molar-refractivity contribution >= 4 is 49.6 Å². The van der Waals surface area contributed by atoms with Gasteiger partial charge in [0.2, 0.25) is 0 Å². The molecule has 0 bridgehead atoms. The van der Waals surface area contributed by atoms with Crippen molar-refractivity contribution in [3.63, 3.8) is 0 Å². The highest BCUT2D eigenvalue weighted by molar-refractivity contribution is 6.09. The third kappa shape index (κ3) is 5.62. The van der Waals surface area contributed by atoms with Gasteiger partial charge < -0.3 is 9.47 Å². The maximum Gasteiger partial charge on any atom is 0.0541 e. The first-order valence-corrected chi connectivity index (χ1v) is 18.5. The van der Waals surface area contributed by atoms with Gasteiger partial charge in [-0.15, -0.1) is 0 Å². The lowest BCUT2D eigenvalue weighted by atomic mass is 9.99. The number of hydrogen-bond acceptors (Lipinski definition) is 1. The van der Waals surface area contributed by atoms with Crippen LogP contribution in [0.1, 0.15) is 0 Å². The molecule has 2 nitrogen and oxygen atoms in total. The Hall–Kier alpha value is -7.16. The third-order valence-corrected chi connectivity index (χ3v) is 10.6. The molecule has 0 aliphatic rings. The molecule has 1 heterocycles. The molecule has 0 fully saturated rings. The topological polar surface area (TPSA) is 8.17 Å². The first-order chi connectivity index (χ1) is 26.8. The number of benzene rings is 9. The number of anilines is 3. The van der Waals surface area contributed by atoms with Crippen molar-refractivity contribution in [3.05, 3.63) is 218 Å². The van der Waals surface area contributed by atoms with Crippen molar-refractivity contribution < 1.29 is 0 Å². The van der Waals surface area contributed by atoms with Crippen LogP contribution in [0.25, 0.3) is 71.6 Å². The number of fused-ring (bicyclic) bond motifs is 4. The summed E-state index contributed by atoms with van der Waals surface area (Å²) in [5.41, 5.74) is 14.0. The van der Waals surface area contributed by atoms with Gasteiger partial charge in [0, 0.05) is 33.4 Å². The SMILES string of the molecule is c1ccc(-c2ccc(N(c3ccc(-c4ccc5ccccc5c4)cc3)c3ccccc3-c3cccc(-n4c5ccccc5c5ccccc54)c3)cc2)cc1. The summed E-state index contributed by atoms with van der Waals surface area (Å²) in [5, 5.41) is 5.02. The molecule has 0 saturated carbocycles. The fourth-order valence-corrected chi connectivity index (χ4v) is 7.96. The number of aromatic nitrogens is 1. The van der Waals surface area contributed by atoms with E-state index in [0.717, 1.165) is 33.9 Å². The largest absolute Gasteiger partial charge is 0.310 e. The zero-order valence-corrected chi connectivity index (χ0v) is 29.7. The molecule has 0 N–H and O–H groups in total. The fraction of sp³-hybridized carbons (Fsp3) is 0. The van der Waals surface area contributed by atoms with Gasteiger partial charge in [0.25, 0.3) is 0 Å². The predicted octanol–water partition coefficient (Wildman–Crippen LogP) is 14.4. The summed E-state index contributed by atoms with van der Waals surface area (Å²) in [4.78, 5) is 2.39. The molecule has 2 heteroatoms. The van der Waals surface area contributed by atoms with Crippen LogP contribution in [0, 0.1) is 0 Å². The third-order valence-electron chi connectivity index (χ3n) is 10.6. The van der Waals surface area contributed by atoms with Gasteiger partial charge in [-0.1, -0.05) is 158 Å². The minimum Gasteiger partial charge on any atom is -0.310 e. The minimum absolute atomic E-state index is 1.10. The first kappa shape index (κ1) is 31.6. The fourth-order valence-electron chi connectivity index (χ4n) is 7.96. The Labute approximate surface area is 315 Å². The van der Waals surface area contributed by atoms with Crippen molar-refractivity contribution in [1.82, 2.24) is 4.57 Å². The van der Waals surface area contributed by atoms with E-state index in [-0.39, 0.29) is 0 Å². The van der Waals surface area contributed by atoms with Crippen LogP contribution >= 0.6 is 0 Å². The van der Waals surface area contributed by atoms with E-state index < -0.39 is 0 Å². The molecule has 0 aliphatic carbocycles. The Balaban J connectivity index is 1.10. The Bertz CT molecular complexity index is 2870. The monoisotopic (exact) mass is 688 g/mol. The van der Waals surface area contributed by atoms with E-state index in [2.05, 4.69) is 228 Å². The van der Waals surface area contributed by atoms with Crippen LogP contribution in [0.5, 0.6) is 0 Å². The summed E-state index contributed by atoms with van der Waals surface area (Å²) in [7, 11) is 0. The van der Waals surface area contributed by atoms with Crippen LogP contribution in [0.4, 0.5) is 17.1 Å². The van der Waals surface area contributed by atoms with E-state index in [1.165, 1.54) is 54.8 Å². The molecule has 9 aromatic carbocycles. The van der Waals surface area contributed by atoms with Gasteiger partial charge in [-0.05, 0) is 99.3 Å². The summed E-state index contributed by atoms with van der Waals surface area (Å²) in [6.45, 7) is 0. The van der Waals surface area contributed by atoms with Crippen LogP contribution in [-0.2, 0) is 0 Å². The molecular formula is C52H36N2. The standard InChI is InChI=1S/C52H36N2/c1-2-13-37(14-3-1)39-27-31-44(32-28-39)53(45-33-29-40(30-34-45)42-26-25-38-15-4-5-16-41(38)35-42)50-22-9-6-19-47(50)43-17-12-18-46(36-43)54-51-23-10-7-20-48(51)49-21-8-11-24-52(49)54/h1-36H. The molecule has 0 atom stereocenters. The minimum atomic E-state index is 1.10. The van der Waals surface area contributed by atoms with Crippen molar-refractivity contribution in [2.45, 2.75) is 0 Å². The van der Waals surface area contributed by atoms with Gasteiger partial charge in [0.1, 0.15) is 0 Å². The van der Waals surface area contributed by atoms with Gasteiger partial charge in [-0.3, -0.25) is 0 Å². The van der Waals surface area contributed by atoms with E-state index in [1.54, 1.807) is 0 Å². The summed E-state index contributed by atoms with van der Waals surface area (Å²) in [6.07, 6.45) is 0. The first-order valence-electron chi connectivity index (χ1n) is 18.5. The molecule has 0 unspecified atom stereocenters. The second-order valence-corrected chi connectivity index (χ2v) is 13.8. The molecule has 0 aliphatic heterocycles. The lowest BCUT2D eigenvalue weighted by Crippen LogP contribution is -2.11. The zero-order valence-electron chi connectivity index (χ0n) is 29.7. The van der Waals surface area contributed by atoms with Crippen molar-refractivity contribution in [2.24, 2.45) is 0 Å². The molecule has 0 spiro atoms. The predicted molar refractivity (Wildman–Crippen MR) is 229 cm³/mol. The van der Waals surface area contributed by atoms with E-state index in [4.69, 9.17) is 0 Å². The highest BCUT2D eigenvalue weighted by Gasteiger charge is 2.19. The second kappa shape index (κ2) is 13.4. The Morgan fingerprint density at radius 1 is 0.315 bits per heavy atom. The summed E-state index contributed by atoms with van der Waals surface area (Å²) in [5.74, 6) is 0. The summed E-state index contributed by atoms with van der Waals surface area (Å²) < 4.78 is 2.39. The Kier molecular flexibility index (Phi) is 7.85. The average Bonchev–Trinajstić information content (AvgIpc) is 3.59. The molecule has 54 heavy (non-hydrogen) atoms. The number of nitrogens with zero attached hydrogens (tertiary/aromatic N) is 2. The summed E-state index contributed by atoms with van der Waals surface area (Å²) >= 11 is 0. The molecule has 1 aromatic heterocycles. The maximum atomic E-state index is 2.39. The van der Waals surface area contributed by atoms with Crippen LogP contribution in [0.3, 0.4) is 0 Å². The Morgan fingerprint density at radius 2 is 0.833 bits per heavy atom. The molecule has 0 saturated heterocycles. The smallest absolute Gasteiger partial charge is 0.0541 e. The van der Waals surface area contributed by atoms with Gasteiger partial charge in [-0.25, -0.2) is 0 Å². The van der Waals surface area contributed by atoms with Crippen molar-refractivity contribution in [2.75, 3.05) is 4.90 Å². The number of rotatable bonds is 7. The van der Waals surface area contributed by atoms with Crippen molar-refractivity contribution in [3.8, 4) is 39.1 Å². The lowest BCUT2D eigenvalue weighted by Gasteiger charge is -2.28. The molecular weight excluding hydrogens is 653 g/mol. The maximum absolute atomic E-state index is 2.39. The highest BCUT2D eigenvalue weighted by atomic mass is 15.1. The zero-order chi connectivity index (χ0) is 35.8.